The summed E-state index contributed by atoms with van der Waals surface area (Å²) in [6.07, 6.45) is 0. The molecule has 1 aromatic heterocycles. The fourth-order valence-electron chi connectivity index (χ4n) is 1.53. The highest BCUT2D eigenvalue weighted by atomic mass is 79.9. The zero-order chi connectivity index (χ0) is 11.7. The van der Waals surface area contributed by atoms with Crippen molar-refractivity contribution in [3.63, 3.8) is 0 Å². The Balaban J connectivity index is 2.45. The molecule has 0 fully saturated rings. The van der Waals surface area contributed by atoms with Crippen LogP contribution in [0.25, 0.3) is 0 Å². The second-order valence-electron chi connectivity index (χ2n) is 3.70. The van der Waals surface area contributed by atoms with Gasteiger partial charge >= 0.3 is 0 Å². The Bertz CT molecular complexity index is 541. The van der Waals surface area contributed by atoms with Crippen molar-refractivity contribution in [2.24, 2.45) is 0 Å². The zero-order valence-corrected chi connectivity index (χ0v) is 10.7. The van der Waals surface area contributed by atoms with Crippen LogP contribution < -0.4 is 0 Å². The first kappa shape index (κ1) is 11.1. The zero-order valence-electron chi connectivity index (χ0n) is 9.08. The van der Waals surface area contributed by atoms with Crippen molar-refractivity contribution >= 4 is 21.7 Å². The van der Waals surface area contributed by atoms with Crippen LogP contribution in [0.5, 0.6) is 0 Å². The number of halogens is 1. The van der Waals surface area contributed by atoms with Crippen molar-refractivity contribution in [1.82, 2.24) is 0 Å². The molecule has 0 saturated heterocycles. The van der Waals surface area contributed by atoms with Gasteiger partial charge in [0.05, 0.1) is 0 Å². The lowest BCUT2D eigenvalue weighted by Crippen LogP contribution is -2.02. The molecule has 0 spiro atoms. The smallest absolute Gasteiger partial charge is 0.228 e. The first-order valence-corrected chi connectivity index (χ1v) is 5.74. The number of carbonyl (C=O) groups is 1. The molecule has 1 heterocycles. The van der Waals surface area contributed by atoms with E-state index in [0.717, 1.165) is 15.8 Å². The highest BCUT2D eigenvalue weighted by Crippen LogP contribution is 2.20. The summed E-state index contributed by atoms with van der Waals surface area (Å²) in [5.41, 5.74) is 1.62. The van der Waals surface area contributed by atoms with Crippen LogP contribution in [0.3, 0.4) is 0 Å². The first-order chi connectivity index (χ1) is 7.58. The number of hydrogen-bond donors (Lipinski definition) is 0. The third-order valence-electron chi connectivity index (χ3n) is 2.41. The summed E-state index contributed by atoms with van der Waals surface area (Å²) in [7, 11) is 0. The molecule has 0 unspecified atom stereocenters. The van der Waals surface area contributed by atoms with E-state index in [-0.39, 0.29) is 5.78 Å². The molecule has 0 saturated carbocycles. The van der Waals surface area contributed by atoms with Crippen molar-refractivity contribution in [3.8, 4) is 0 Å². The van der Waals surface area contributed by atoms with Gasteiger partial charge in [0.1, 0.15) is 5.76 Å². The van der Waals surface area contributed by atoms with E-state index in [1.54, 1.807) is 12.1 Å². The predicted molar refractivity (Wildman–Crippen MR) is 65.8 cm³/mol. The van der Waals surface area contributed by atoms with E-state index in [1.165, 1.54) is 0 Å². The quantitative estimate of drug-likeness (QED) is 0.781. The Morgan fingerprint density at radius 1 is 1.19 bits per heavy atom. The van der Waals surface area contributed by atoms with E-state index in [4.69, 9.17) is 4.42 Å². The van der Waals surface area contributed by atoms with Crippen LogP contribution in [0.2, 0.25) is 0 Å². The van der Waals surface area contributed by atoms with E-state index in [9.17, 15) is 4.79 Å². The standard InChI is InChI=1S/C13H11BrO2/c1-8-3-5-10(14)7-11(8)13(15)12-6-4-9(2)16-12/h3-7H,1-2H3. The van der Waals surface area contributed by atoms with Crippen LogP contribution in [0, 0.1) is 13.8 Å². The summed E-state index contributed by atoms with van der Waals surface area (Å²) in [4.78, 5) is 12.1. The lowest BCUT2D eigenvalue weighted by atomic mass is 10.0. The second-order valence-corrected chi connectivity index (χ2v) is 4.61. The molecule has 0 aliphatic rings. The molecular weight excluding hydrogens is 268 g/mol. The van der Waals surface area contributed by atoms with Gasteiger partial charge in [-0.3, -0.25) is 4.79 Å². The van der Waals surface area contributed by atoms with E-state index in [1.807, 2.05) is 32.0 Å². The minimum Gasteiger partial charge on any atom is -0.458 e. The molecule has 0 amide bonds. The van der Waals surface area contributed by atoms with Gasteiger partial charge in [-0.15, -0.1) is 0 Å². The van der Waals surface area contributed by atoms with Crippen molar-refractivity contribution < 1.29 is 9.21 Å². The normalized spacial score (nSPS) is 10.4. The van der Waals surface area contributed by atoms with Gasteiger partial charge in [0, 0.05) is 10.0 Å². The molecule has 2 nitrogen and oxygen atoms in total. The lowest BCUT2D eigenvalue weighted by Gasteiger charge is -2.03. The number of furan rings is 1. The van der Waals surface area contributed by atoms with Gasteiger partial charge < -0.3 is 4.42 Å². The second kappa shape index (κ2) is 4.26. The topological polar surface area (TPSA) is 30.2 Å². The first-order valence-electron chi connectivity index (χ1n) is 4.95. The fraction of sp³-hybridized carbons (Fsp3) is 0.154. The van der Waals surface area contributed by atoms with E-state index in [0.29, 0.717) is 11.3 Å². The molecule has 3 heteroatoms. The van der Waals surface area contributed by atoms with Gasteiger partial charge in [-0.25, -0.2) is 0 Å². The van der Waals surface area contributed by atoms with Crippen LogP contribution >= 0.6 is 15.9 Å². The van der Waals surface area contributed by atoms with Crippen LogP contribution in [-0.2, 0) is 0 Å². The molecule has 82 valence electrons. The highest BCUT2D eigenvalue weighted by Gasteiger charge is 2.15. The lowest BCUT2D eigenvalue weighted by molar-refractivity contribution is 0.101. The monoisotopic (exact) mass is 278 g/mol. The summed E-state index contributed by atoms with van der Waals surface area (Å²) in [5, 5.41) is 0. The highest BCUT2D eigenvalue weighted by molar-refractivity contribution is 9.10. The third kappa shape index (κ3) is 2.09. The number of ketones is 1. The van der Waals surface area contributed by atoms with Crippen LogP contribution in [0.15, 0.2) is 39.2 Å². The molecule has 16 heavy (non-hydrogen) atoms. The van der Waals surface area contributed by atoms with Gasteiger partial charge in [-0.2, -0.15) is 0 Å². The van der Waals surface area contributed by atoms with Crippen molar-refractivity contribution in [1.29, 1.82) is 0 Å². The average Bonchev–Trinajstić information content (AvgIpc) is 2.67. The van der Waals surface area contributed by atoms with Crippen molar-refractivity contribution in [3.05, 3.63) is 57.5 Å². The summed E-state index contributed by atoms with van der Waals surface area (Å²) in [5.74, 6) is 1.06. The summed E-state index contributed by atoms with van der Waals surface area (Å²) < 4.78 is 6.22. The van der Waals surface area contributed by atoms with Gasteiger partial charge in [-0.05, 0) is 43.7 Å². The molecule has 0 aliphatic heterocycles. The van der Waals surface area contributed by atoms with Crippen molar-refractivity contribution in [2.45, 2.75) is 13.8 Å². The van der Waals surface area contributed by atoms with E-state index < -0.39 is 0 Å². The number of rotatable bonds is 2. The molecule has 0 N–H and O–H groups in total. The van der Waals surface area contributed by atoms with E-state index >= 15 is 0 Å². The summed E-state index contributed by atoms with van der Waals surface area (Å²) in [6, 6.07) is 9.14. The Morgan fingerprint density at radius 2 is 1.94 bits per heavy atom. The van der Waals surface area contributed by atoms with Crippen LogP contribution in [0.4, 0.5) is 0 Å². The molecule has 0 bridgehead atoms. The van der Waals surface area contributed by atoms with Crippen LogP contribution in [0.1, 0.15) is 27.4 Å². The Hall–Kier alpha value is -1.35. The molecule has 0 atom stereocenters. The Morgan fingerprint density at radius 3 is 2.56 bits per heavy atom. The Kier molecular flexibility index (Phi) is 2.97. The number of benzene rings is 1. The average molecular weight is 279 g/mol. The Labute approximate surface area is 102 Å². The fourth-order valence-corrected chi connectivity index (χ4v) is 1.89. The van der Waals surface area contributed by atoms with Gasteiger partial charge in [0.25, 0.3) is 0 Å². The predicted octanol–water partition coefficient (Wildman–Crippen LogP) is 3.89. The maximum atomic E-state index is 12.1. The molecule has 0 aliphatic carbocycles. The minimum absolute atomic E-state index is 0.0769. The SMILES string of the molecule is Cc1ccc(C(=O)c2cc(Br)ccc2C)o1. The molecule has 1 aromatic carbocycles. The van der Waals surface area contributed by atoms with Crippen LogP contribution in [-0.4, -0.2) is 5.78 Å². The maximum Gasteiger partial charge on any atom is 0.228 e. The van der Waals surface area contributed by atoms with Crippen molar-refractivity contribution in [2.75, 3.05) is 0 Å². The number of carbonyl (C=O) groups excluding carboxylic acids is 1. The maximum absolute atomic E-state index is 12.1. The minimum atomic E-state index is -0.0769. The van der Waals surface area contributed by atoms with Gasteiger partial charge in [0.2, 0.25) is 5.78 Å². The molecule has 0 radical (unpaired) electrons. The van der Waals surface area contributed by atoms with Gasteiger partial charge in [0.15, 0.2) is 5.76 Å². The molecule has 2 rings (SSSR count). The third-order valence-corrected chi connectivity index (χ3v) is 2.90. The number of hydrogen-bond acceptors (Lipinski definition) is 2. The molecular formula is C13H11BrO2. The number of aryl methyl sites for hydroxylation is 2. The summed E-state index contributed by atoms with van der Waals surface area (Å²) in [6.45, 7) is 3.74. The van der Waals surface area contributed by atoms with E-state index in [2.05, 4.69) is 15.9 Å². The summed E-state index contributed by atoms with van der Waals surface area (Å²) >= 11 is 3.36. The largest absolute Gasteiger partial charge is 0.458 e. The molecule has 2 aromatic rings. The van der Waals surface area contributed by atoms with Gasteiger partial charge in [-0.1, -0.05) is 22.0 Å².